The number of ether oxygens (including phenoxy) is 1. The van der Waals surface area contributed by atoms with Crippen LogP contribution in [-0.4, -0.2) is 12.6 Å². The summed E-state index contributed by atoms with van der Waals surface area (Å²) in [5, 5.41) is 1.03. The lowest BCUT2D eigenvalue weighted by Gasteiger charge is -1.98. The van der Waals surface area contributed by atoms with Gasteiger partial charge in [-0.05, 0) is 24.6 Å². The van der Waals surface area contributed by atoms with Crippen LogP contribution in [0.15, 0.2) is 54.6 Å². The van der Waals surface area contributed by atoms with E-state index in [0.29, 0.717) is 6.61 Å². The van der Waals surface area contributed by atoms with Crippen molar-refractivity contribution in [2.45, 2.75) is 13.5 Å². The predicted molar refractivity (Wildman–Crippen MR) is 94.0 cm³/mol. The highest BCUT2D eigenvalue weighted by Gasteiger charge is 2.21. The van der Waals surface area contributed by atoms with E-state index in [9.17, 15) is 4.79 Å². The molecule has 0 atom stereocenters. The van der Waals surface area contributed by atoms with Crippen molar-refractivity contribution in [1.82, 2.24) is 0 Å². The number of esters is 1. The average Bonchev–Trinajstić information content (AvgIpc) is 2.92. The Morgan fingerprint density at radius 1 is 1.09 bits per heavy atom. The molecule has 1 aromatic heterocycles. The molecule has 0 spiro atoms. The first-order valence-corrected chi connectivity index (χ1v) is 8.39. The van der Waals surface area contributed by atoms with Crippen LogP contribution in [0.4, 0.5) is 0 Å². The minimum Gasteiger partial charge on any atom is -0.461 e. The number of hydrogen-bond acceptors (Lipinski definition) is 3. The molecule has 0 amide bonds. The zero-order chi connectivity index (χ0) is 16.1. The molecule has 0 saturated carbocycles. The normalized spacial score (nSPS) is 11.2. The molecule has 0 unspecified atom stereocenters. The first-order valence-electron chi connectivity index (χ1n) is 7.58. The number of rotatable bonds is 5. The van der Waals surface area contributed by atoms with Crippen molar-refractivity contribution in [3.63, 3.8) is 0 Å². The van der Waals surface area contributed by atoms with Crippen LogP contribution < -0.4 is 4.57 Å². The Hall–Kier alpha value is -2.46. The maximum absolute atomic E-state index is 11.9. The van der Waals surface area contributed by atoms with E-state index >= 15 is 0 Å². The van der Waals surface area contributed by atoms with E-state index in [1.807, 2.05) is 47.9 Å². The summed E-state index contributed by atoms with van der Waals surface area (Å²) in [6, 6.07) is 18.2. The van der Waals surface area contributed by atoms with E-state index in [-0.39, 0.29) is 12.5 Å². The second kappa shape index (κ2) is 7.20. The van der Waals surface area contributed by atoms with Gasteiger partial charge in [0, 0.05) is 12.1 Å². The number of fused-ring (bicyclic) bond motifs is 1. The number of carbonyl (C=O) groups excluding carboxylic acids is 1. The molecule has 0 aliphatic heterocycles. The Morgan fingerprint density at radius 2 is 1.83 bits per heavy atom. The highest BCUT2D eigenvalue weighted by molar-refractivity contribution is 7.18. The van der Waals surface area contributed by atoms with E-state index in [1.165, 1.54) is 0 Å². The number of para-hydroxylation sites is 1. The van der Waals surface area contributed by atoms with Gasteiger partial charge in [-0.25, -0.2) is 4.79 Å². The second-order valence-corrected chi connectivity index (χ2v) is 6.11. The zero-order valence-corrected chi connectivity index (χ0v) is 13.8. The molecule has 0 bridgehead atoms. The molecule has 3 nitrogen and oxygen atoms in total. The Bertz CT molecular complexity index is 837. The lowest BCUT2D eigenvalue weighted by molar-refractivity contribution is -0.657. The Balaban J connectivity index is 1.98. The van der Waals surface area contributed by atoms with Crippen LogP contribution in [0, 0.1) is 0 Å². The monoisotopic (exact) mass is 324 g/mol. The molecule has 3 rings (SSSR count). The summed E-state index contributed by atoms with van der Waals surface area (Å²) in [6.45, 7) is 2.45. The molecular formula is C19H18NO2S+. The first-order chi connectivity index (χ1) is 11.3. The minimum atomic E-state index is -0.213. The van der Waals surface area contributed by atoms with Crippen LogP contribution in [0.3, 0.4) is 0 Å². The van der Waals surface area contributed by atoms with E-state index in [1.54, 1.807) is 11.3 Å². The standard InChI is InChI=1S/C19H18NO2S/c1-2-22-19(21)14-20-16-10-6-7-11-17(16)23-18(20)13-12-15-8-4-3-5-9-15/h3-13H,2,14H2,1H3/q+1. The predicted octanol–water partition coefficient (Wildman–Crippen LogP) is 3.92. The Morgan fingerprint density at radius 3 is 2.61 bits per heavy atom. The summed E-state index contributed by atoms with van der Waals surface area (Å²) >= 11 is 1.67. The smallest absolute Gasteiger partial charge is 0.372 e. The number of carbonyl (C=O) groups is 1. The zero-order valence-electron chi connectivity index (χ0n) is 12.9. The lowest BCUT2D eigenvalue weighted by atomic mass is 10.2. The van der Waals surface area contributed by atoms with Crippen molar-refractivity contribution < 1.29 is 14.1 Å². The summed E-state index contributed by atoms with van der Waals surface area (Å²) < 4.78 is 8.27. The molecule has 0 N–H and O–H groups in total. The number of hydrogen-bond donors (Lipinski definition) is 0. The summed E-state index contributed by atoms with van der Waals surface area (Å²) in [6.07, 6.45) is 4.12. The summed E-state index contributed by atoms with van der Waals surface area (Å²) in [7, 11) is 0. The molecule has 116 valence electrons. The van der Waals surface area contributed by atoms with Crippen molar-refractivity contribution in [2.24, 2.45) is 0 Å². The number of nitrogens with zero attached hydrogens (tertiary/aromatic N) is 1. The van der Waals surface area contributed by atoms with Gasteiger partial charge in [0.05, 0.1) is 6.61 Å². The van der Waals surface area contributed by atoms with Gasteiger partial charge in [-0.2, -0.15) is 4.57 Å². The van der Waals surface area contributed by atoms with E-state index in [4.69, 9.17) is 4.74 Å². The van der Waals surface area contributed by atoms with Crippen LogP contribution in [0.5, 0.6) is 0 Å². The highest BCUT2D eigenvalue weighted by atomic mass is 32.1. The molecule has 4 heteroatoms. The van der Waals surface area contributed by atoms with Crippen LogP contribution in [0.2, 0.25) is 0 Å². The molecule has 0 fully saturated rings. The average molecular weight is 324 g/mol. The highest BCUT2D eigenvalue weighted by Crippen LogP contribution is 2.22. The number of thiazole rings is 1. The molecule has 0 aliphatic carbocycles. The molecule has 0 saturated heterocycles. The molecule has 0 aliphatic rings. The van der Waals surface area contributed by atoms with Crippen molar-refractivity contribution in [1.29, 1.82) is 0 Å². The molecular weight excluding hydrogens is 306 g/mol. The third-order valence-electron chi connectivity index (χ3n) is 3.45. The van der Waals surface area contributed by atoms with E-state index in [2.05, 4.69) is 30.4 Å². The molecule has 0 radical (unpaired) electrons. The largest absolute Gasteiger partial charge is 0.461 e. The van der Waals surface area contributed by atoms with Gasteiger partial charge in [0.2, 0.25) is 12.1 Å². The van der Waals surface area contributed by atoms with Crippen LogP contribution in [0.1, 0.15) is 17.5 Å². The third-order valence-corrected chi connectivity index (χ3v) is 4.58. The summed E-state index contributed by atoms with van der Waals surface area (Å²) in [5.41, 5.74) is 2.19. The first kappa shape index (κ1) is 15.4. The van der Waals surface area contributed by atoms with Gasteiger partial charge >= 0.3 is 5.97 Å². The van der Waals surface area contributed by atoms with Gasteiger partial charge in [-0.15, -0.1) is 0 Å². The van der Waals surface area contributed by atoms with E-state index < -0.39 is 0 Å². The van der Waals surface area contributed by atoms with Gasteiger partial charge in [-0.1, -0.05) is 53.8 Å². The van der Waals surface area contributed by atoms with Gasteiger partial charge < -0.3 is 4.74 Å². The van der Waals surface area contributed by atoms with Gasteiger partial charge in [0.1, 0.15) is 4.70 Å². The quantitative estimate of drug-likeness (QED) is 0.526. The van der Waals surface area contributed by atoms with Gasteiger partial charge in [0.15, 0.2) is 0 Å². The SMILES string of the molecule is CCOC(=O)C[n+]1c(C=Cc2ccccc2)sc2ccccc21. The maximum Gasteiger partial charge on any atom is 0.372 e. The molecule has 2 aromatic carbocycles. The van der Waals surface area contributed by atoms with Crippen LogP contribution >= 0.6 is 11.3 Å². The summed E-state index contributed by atoms with van der Waals surface area (Å²) in [4.78, 5) is 11.9. The van der Waals surface area contributed by atoms with E-state index in [0.717, 1.165) is 20.8 Å². The van der Waals surface area contributed by atoms with Crippen molar-refractivity contribution in [2.75, 3.05) is 6.61 Å². The Kier molecular flexibility index (Phi) is 4.83. The fraction of sp³-hybridized carbons (Fsp3) is 0.158. The topological polar surface area (TPSA) is 30.2 Å². The number of aromatic nitrogens is 1. The molecule has 23 heavy (non-hydrogen) atoms. The second-order valence-electron chi connectivity index (χ2n) is 5.04. The molecule has 1 heterocycles. The fourth-order valence-electron chi connectivity index (χ4n) is 2.41. The van der Waals surface area contributed by atoms with Gasteiger partial charge in [-0.3, -0.25) is 0 Å². The Labute approximate surface area is 139 Å². The third kappa shape index (κ3) is 3.66. The fourth-order valence-corrected chi connectivity index (χ4v) is 3.47. The lowest BCUT2D eigenvalue weighted by Crippen LogP contribution is -2.39. The van der Waals surface area contributed by atoms with Gasteiger partial charge in [0.25, 0.3) is 5.01 Å². The maximum atomic E-state index is 11.9. The minimum absolute atomic E-state index is 0.213. The molecule has 3 aromatic rings. The van der Waals surface area contributed by atoms with Crippen LogP contribution in [-0.2, 0) is 16.1 Å². The van der Waals surface area contributed by atoms with Crippen LogP contribution in [0.25, 0.3) is 22.4 Å². The van der Waals surface area contributed by atoms with Crippen molar-refractivity contribution in [3.05, 3.63) is 65.2 Å². The van der Waals surface area contributed by atoms with Crippen molar-refractivity contribution in [3.8, 4) is 0 Å². The van der Waals surface area contributed by atoms with Crippen molar-refractivity contribution >= 4 is 39.7 Å². The summed E-state index contributed by atoms with van der Waals surface area (Å²) in [5.74, 6) is -0.213. The number of benzene rings is 2.